The van der Waals surface area contributed by atoms with Crippen LogP contribution in [0.2, 0.25) is 0 Å². The van der Waals surface area contributed by atoms with Gasteiger partial charge in [-0.25, -0.2) is 0 Å². The zero-order valence-electron chi connectivity index (χ0n) is 20.0. The molecule has 1 amide bonds. The first-order chi connectivity index (χ1) is 15.5. The van der Waals surface area contributed by atoms with Gasteiger partial charge in [0, 0.05) is 37.2 Å². The monoisotopic (exact) mass is 453 g/mol. The van der Waals surface area contributed by atoms with Crippen molar-refractivity contribution in [2.75, 3.05) is 57.2 Å². The lowest BCUT2D eigenvalue weighted by Gasteiger charge is -2.26. The normalized spacial score (nSPS) is 12.8. The van der Waals surface area contributed by atoms with E-state index in [9.17, 15) is 14.4 Å². The second kappa shape index (κ2) is 9.62. The molecular weight excluding hydrogens is 420 g/mol. The van der Waals surface area contributed by atoms with Gasteiger partial charge < -0.3 is 25.6 Å². The largest absolute Gasteiger partial charge is 0.491 e. The maximum atomic E-state index is 13.7. The van der Waals surface area contributed by atoms with E-state index in [2.05, 4.69) is 31.8 Å². The Kier molecular flexibility index (Phi) is 7.07. The van der Waals surface area contributed by atoms with E-state index < -0.39 is 0 Å². The predicted molar refractivity (Wildman–Crippen MR) is 130 cm³/mol. The highest BCUT2D eigenvalue weighted by Crippen LogP contribution is 2.42. The molecule has 176 valence electrons. The molecule has 1 aliphatic carbocycles. The molecule has 1 aliphatic rings. The number of nitrogens with zero attached hydrogens (tertiary/aromatic N) is 1. The third-order valence-electron chi connectivity index (χ3n) is 5.41. The molecule has 3 rings (SSSR count). The maximum absolute atomic E-state index is 13.7. The highest BCUT2D eigenvalue weighted by Gasteiger charge is 2.37. The van der Waals surface area contributed by atoms with E-state index in [1.807, 2.05) is 6.92 Å². The van der Waals surface area contributed by atoms with E-state index in [0.717, 1.165) is 23.9 Å². The first-order valence-electron chi connectivity index (χ1n) is 11.2. The van der Waals surface area contributed by atoms with Gasteiger partial charge in [-0.1, -0.05) is 19.1 Å². The summed E-state index contributed by atoms with van der Waals surface area (Å²) in [4.78, 5) is 38.9. The Bertz CT molecular complexity index is 1100. The fourth-order valence-corrected chi connectivity index (χ4v) is 3.93. The average molecular weight is 454 g/mol. The van der Waals surface area contributed by atoms with Crippen LogP contribution in [0.3, 0.4) is 0 Å². The topological polar surface area (TPSA) is 111 Å². The molecule has 0 heterocycles. The second-order valence-corrected chi connectivity index (χ2v) is 9.30. The van der Waals surface area contributed by atoms with Crippen molar-refractivity contribution in [3.63, 3.8) is 0 Å². The minimum absolute atomic E-state index is 0.148. The smallest absolute Gasteiger partial charge is 0.221 e. The van der Waals surface area contributed by atoms with Crippen molar-refractivity contribution < 1.29 is 23.6 Å². The molecular formula is C25H33N4O4+. The van der Waals surface area contributed by atoms with E-state index >= 15 is 0 Å². The molecule has 4 N–H and O–H groups in total. The van der Waals surface area contributed by atoms with Crippen molar-refractivity contribution in [3.05, 3.63) is 46.5 Å². The van der Waals surface area contributed by atoms with Gasteiger partial charge in [-0.2, -0.15) is 0 Å². The van der Waals surface area contributed by atoms with Crippen LogP contribution in [-0.4, -0.2) is 62.8 Å². The molecule has 0 saturated carbocycles. The fourth-order valence-electron chi connectivity index (χ4n) is 3.93. The summed E-state index contributed by atoms with van der Waals surface area (Å²) >= 11 is 0. The molecule has 0 saturated heterocycles. The summed E-state index contributed by atoms with van der Waals surface area (Å²) in [5.74, 6) is -0.657. The lowest BCUT2D eigenvalue weighted by Crippen LogP contribution is -2.36. The number of amides is 1. The van der Waals surface area contributed by atoms with E-state index in [-0.39, 0.29) is 45.4 Å². The minimum Gasteiger partial charge on any atom is -0.491 e. The van der Waals surface area contributed by atoms with Crippen LogP contribution in [0.4, 0.5) is 17.1 Å². The summed E-state index contributed by atoms with van der Waals surface area (Å²) in [6.07, 6.45) is 1.64. The number of carbonyl (C=O) groups excluding carboxylic acids is 3. The minimum atomic E-state index is -0.361. The Morgan fingerprint density at radius 3 is 2.42 bits per heavy atom. The Balaban J connectivity index is 2.11. The standard InChI is InChI=1S/C25H32N4O4/c1-6-13-33-19-14-18(27-11-8-12-29(3,4)5)21-22(23(19)26)24(31)16-9-7-10-17(28-15(2)30)20(16)25(21)32/h7,9-10,14H,6,8,11-13H2,1-5H3,(H3-,26,27,28,30,31,32)/p+1. The predicted octanol–water partition coefficient (Wildman–Crippen LogP) is 3.30. The molecule has 0 atom stereocenters. The zero-order chi connectivity index (χ0) is 24.3. The molecule has 0 aliphatic heterocycles. The van der Waals surface area contributed by atoms with Crippen molar-refractivity contribution in [3.8, 4) is 5.75 Å². The summed E-state index contributed by atoms with van der Waals surface area (Å²) < 4.78 is 6.63. The Hall–Kier alpha value is -3.39. The van der Waals surface area contributed by atoms with Gasteiger partial charge in [0.25, 0.3) is 0 Å². The third kappa shape index (κ3) is 5.17. The zero-order valence-corrected chi connectivity index (χ0v) is 20.0. The Morgan fingerprint density at radius 1 is 1.06 bits per heavy atom. The molecule has 33 heavy (non-hydrogen) atoms. The van der Waals surface area contributed by atoms with Crippen LogP contribution >= 0.6 is 0 Å². The number of hydrogen-bond donors (Lipinski definition) is 3. The van der Waals surface area contributed by atoms with Gasteiger partial charge in [-0.05, 0) is 12.5 Å². The third-order valence-corrected chi connectivity index (χ3v) is 5.41. The van der Waals surface area contributed by atoms with Gasteiger partial charge in [0.2, 0.25) is 5.91 Å². The van der Waals surface area contributed by atoms with Crippen molar-refractivity contribution in [1.29, 1.82) is 0 Å². The number of ether oxygens (including phenoxy) is 1. The van der Waals surface area contributed by atoms with Gasteiger partial charge in [-0.15, -0.1) is 0 Å². The van der Waals surface area contributed by atoms with Gasteiger partial charge in [0.15, 0.2) is 11.6 Å². The van der Waals surface area contributed by atoms with Crippen LogP contribution in [0.15, 0.2) is 24.3 Å². The highest BCUT2D eigenvalue weighted by atomic mass is 16.5. The summed E-state index contributed by atoms with van der Waals surface area (Å²) in [6, 6.07) is 6.54. The van der Waals surface area contributed by atoms with Crippen molar-refractivity contribution in [1.82, 2.24) is 0 Å². The average Bonchev–Trinajstić information content (AvgIpc) is 2.73. The molecule has 0 bridgehead atoms. The Morgan fingerprint density at radius 2 is 1.79 bits per heavy atom. The number of fused-ring (bicyclic) bond motifs is 2. The number of rotatable bonds is 9. The van der Waals surface area contributed by atoms with Gasteiger partial charge in [0.1, 0.15) is 5.75 Å². The summed E-state index contributed by atoms with van der Waals surface area (Å²) in [7, 11) is 6.35. The first kappa shape index (κ1) is 24.3. The summed E-state index contributed by atoms with van der Waals surface area (Å²) in [6.45, 7) is 5.33. The van der Waals surface area contributed by atoms with Crippen molar-refractivity contribution in [2.24, 2.45) is 0 Å². The van der Waals surface area contributed by atoms with E-state index in [1.54, 1.807) is 24.3 Å². The molecule has 8 nitrogen and oxygen atoms in total. The Labute approximate surface area is 194 Å². The summed E-state index contributed by atoms with van der Waals surface area (Å²) in [5.41, 5.74) is 8.10. The lowest BCUT2D eigenvalue weighted by atomic mass is 9.81. The molecule has 2 aromatic carbocycles. The van der Waals surface area contributed by atoms with Crippen LogP contribution in [0.5, 0.6) is 5.75 Å². The van der Waals surface area contributed by atoms with Crippen LogP contribution < -0.4 is 21.1 Å². The molecule has 8 heteroatoms. The summed E-state index contributed by atoms with van der Waals surface area (Å²) in [5, 5.41) is 5.99. The molecule has 0 unspecified atom stereocenters. The number of nitrogens with two attached hydrogens (primary N) is 1. The fraction of sp³-hybridized carbons (Fsp3) is 0.400. The van der Waals surface area contributed by atoms with Gasteiger partial charge >= 0.3 is 0 Å². The molecule has 0 aromatic heterocycles. The van der Waals surface area contributed by atoms with Crippen LogP contribution in [0.25, 0.3) is 0 Å². The number of benzene rings is 2. The molecule has 0 spiro atoms. The number of quaternary nitrogens is 1. The quantitative estimate of drug-likeness (QED) is 0.260. The lowest BCUT2D eigenvalue weighted by molar-refractivity contribution is -0.870. The maximum Gasteiger partial charge on any atom is 0.221 e. The van der Waals surface area contributed by atoms with Crippen LogP contribution in [-0.2, 0) is 4.79 Å². The van der Waals surface area contributed by atoms with Crippen LogP contribution in [0, 0.1) is 0 Å². The van der Waals surface area contributed by atoms with Crippen molar-refractivity contribution >= 4 is 34.5 Å². The van der Waals surface area contributed by atoms with E-state index in [0.29, 0.717) is 30.3 Å². The second-order valence-electron chi connectivity index (χ2n) is 9.30. The number of anilines is 3. The molecule has 2 aromatic rings. The van der Waals surface area contributed by atoms with Gasteiger partial charge in [-0.3, -0.25) is 14.4 Å². The number of nitrogen functional groups attached to an aromatic ring is 1. The number of carbonyl (C=O) groups is 3. The van der Waals surface area contributed by atoms with Crippen LogP contribution in [0.1, 0.15) is 58.5 Å². The molecule has 0 fully saturated rings. The number of ketones is 2. The highest BCUT2D eigenvalue weighted by molar-refractivity contribution is 6.34. The number of hydrogen-bond acceptors (Lipinski definition) is 6. The first-order valence-corrected chi connectivity index (χ1v) is 11.2. The van der Waals surface area contributed by atoms with E-state index in [1.165, 1.54) is 6.92 Å². The SMILES string of the molecule is CCCOc1cc(NCCC[N+](C)(C)C)c2c(c1N)C(=O)c1cccc(NC(C)=O)c1C2=O. The van der Waals surface area contributed by atoms with Crippen molar-refractivity contribution in [2.45, 2.75) is 26.7 Å². The molecule has 0 radical (unpaired) electrons. The number of nitrogens with one attached hydrogen (secondary N) is 2. The van der Waals surface area contributed by atoms with E-state index in [4.69, 9.17) is 10.5 Å². The van der Waals surface area contributed by atoms with Gasteiger partial charge in [0.05, 0.1) is 62.4 Å².